The maximum atomic E-state index is 12.1. The van der Waals surface area contributed by atoms with Crippen molar-refractivity contribution in [1.82, 2.24) is 0 Å². The number of ether oxygens (including phenoxy) is 3. The molecule has 228 valence electrons. The zero-order valence-electron chi connectivity index (χ0n) is 26.9. The van der Waals surface area contributed by atoms with E-state index in [1.54, 1.807) is 0 Å². The topological polar surface area (TPSA) is 82.1 Å². The maximum Gasteiger partial charge on any atom is 0.303 e. The van der Waals surface area contributed by atoms with Crippen molar-refractivity contribution in [2.24, 2.45) is 45.3 Å². The van der Waals surface area contributed by atoms with E-state index in [2.05, 4.69) is 41.5 Å². The van der Waals surface area contributed by atoms with Gasteiger partial charge in [0.25, 0.3) is 0 Å². The van der Waals surface area contributed by atoms with Gasteiger partial charge in [-0.3, -0.25) is 9.59 Å². The molecule has 5 fully saturated rings. The number of hydrogen-bond acceptors (Lipinski definition) is 6. The van der Waals surface area contributed by atoms with Crippen LogP contribution in [0.3, 0.4) is 0 Å². The van der Waals surface area contributed by atoms with Crippen LogP contribution in [0.25, 0.3) is 0 Å². The van der Waals surface area contributed by atoms with E-state index >= 15 is 0 Å². The Kier molecular flexibility index (Phi) is 7.15. The zero-order chi connectivity index (χ0) is 29.7. The molecule has 11 atom stereocenters. The standard InChI is InChI=1S/C34H56O6/c1-20(35)38-26-13-15-31(7)24(29(26,3)4)12-17-32(8)25(31)19-23(37)28-22(11-16-33(28,32)9)34(10)18-14-27(40-34)30(5,6)39-21(2)36/h22-28,37H,11-19H2,1-10H3. The van der Waals surface area contributed by atoms with Crippen LogP contribution in [0.2, 0.25) is 0 Å². The highest BCUT2D eigenvalue weighted by molar-refractivity contribution is 5.66. The summed E-state index contributed by atoms with van der Waals surface area (Å²) in [6, 6.07) is 0. The molecule has 0 aromatic rings. The smallest absolute Gasteiger partial charge is 0.303 e. The van der Waals surface area contributed by atoms with Gasteiger partial charge in [0, 0.05) is 19.3 Å². The normalized spacial score (nSPS) is 49.9. The number of aliphatic hydroxyl groups excluding tert-OH is 1. The lowest BCUT2D eigenvalue weighted by molar-refractivity contribution is -0.251. The van der Waals surface area contributed by atoms with E-state index in [0.717, 1.165) is 57.8 Å². The summed E-state index contributed by atoms with van der Waals surface area (Å²) in [4.78, 5) is 23.7. The molecule has 0 amide bonds. The van der Waals surface area contributed by atoms with Crippen LogP contribution in [0.15, 0.2) is 0 Å². The van der Waals surface area contributed by atoms with Crippen LogP contribution in [0, 0.1) is 45.3 Å². The van der Waals surface area contributed by atoms with E-state index in [-0.39, 0.29) is 69.3 Å². The van der Waals surface area contributed by atoms with E-state index in [4.69, 9.17) is 14.2 Å². The van der Waals surface area contributed by atoms with E-state index < -0.39 is 5.60 Å². The SMILES string of the molecule is CC(=O)OC1CCC2(C)C(CCC3(C)C2CC(O)C2C(C4(C)CCC(C(C)(C)OC(C)=O)O4)CCC23C)C1(C)C. The first-order valence-corrected chi connectivity index (χ1v) is 16.0. The molecule has 1 aliphatic heterocycles. The van der Waals surface area contributed by atoms with Crippen molar-refractivity contribution in [3.8, 4) is 0 Å². The summed E-state index contributed by atoms with van der Waals surface area (Å²) < 4.78 is 18.4. The molecule has 6 heteroatoms. The van der Waals surface area contributed by atoms with Gasteiger partial charge in [-0.15, -0.1) is 0 Å². The van der Waals surface area contributed by atoms with Gasteiger partial charge in [0.2, 0.25) is 0 Å². The number of carbonyl (C=O) groups is 2. The highest BCUT2D eigenvalue weighted by atomic mass is 16.6. The lowest BCUT2D eigenvalue weighted by atomic mass is 9.35. The fourth-order valence-electron chi connectivity index (χ4n) is 11.9. The summed E-state index contributed by atoms with van der Waals surface area (Å²) in [5.41, 5.74) is -0.825. The molecule has 0 aromatic heterocycles. The summed E-state index contributed by atoms with van der Waals surface area (Å²) in [6.07, 6.45) is 8.52. The van der Waals surface area contributed by atoms with Crippen LogP contribution in [-0.2, 0) is 23.8 Å². The van der Waals surface area contributed by atoms with Crippen LogP contribution in [0.5, 0.6) is 0 Å². The van der Waals surface area contributed by atoms with Gasteiger partial charge in [0.05, 0.1) is 17.8 Å². The Morgan fingerprint density at radius 3 is 2.10 bits per heavy atom. The molecule has 1 heterocycles. The number of esters is 2. The van der Waals surface area contributed by atoms with E-state index in [1.807, 2.05) is 13.8 Å². The second kappa shape index (κ2) is 9.43. The first-order valence-electron chi connectivity index (χ1n) is 16.0. The highest BCUT2D eigenvalue weighted by Crippen LogP contribution is 2.76. The number of fused-ring (bicyclic) bond motifs is 5. The lowest BCUT2D eigenvalue weighted by Crippen LogP contribution is -2.66. The minimum Gasteiger partial charge on any atom is -0.462 e. The van der Waals surface area contributed by atoms with E-state index in [0.29, 0.717) is 11.8 Å². The summed E-state index contributed by atoms with van der Waals surface area (Å²) in [6.45, 7) is 21.3. The molecule has 4 saturated carbocycles. The lowest BCUT2D eigenvalue weighted by Gasteiger charge is -2.70. The van der Waals surface area contributed by atoms with Crippen molar-refractivity contribution in [3.05, 3.63) is 0 Å². The summed E-state index contributed by atoms with van der Waals surface area (Å²) in [5.74, 6) is 0.917. The van der Waals surface area contributed by atoms with Crippen molar-refractivity contribution >= 4 is 11.9 Å². The summed E-state index contributed by atoms with van der Waals surface area (Å²) in [7, 11) is 0. The van der Waals surface area contributed by atoms with Crippen molar-refractivity contribution in [2.45, 2.75) is 157 Å². The molecule has 0 radical (unpaired) electrons. The van der Waals surface area contributed by atoms with Crippen LogP contribution in [-0.4, -0.2) is 46.6 Å². The zero-order valence-corrected chi connectivity index (χ0v) is 26.9. The Balaban J connectivity index is 1.42. The molecule has 11 unspecified atom stereocenters. The molecule has 0 aromatic carbocycles. The predicted octanol–water partition coefficient (Wildman–Crippen LogP) is 6.85. The Hall–Kier alpha value is -1.14. The molecule has 40 heavy (non-hydrogen) atoms. The number of hydrogen-bond donors (Lipinski definition) is 1. The third kappa shape index (κ3) is 4.23. The van der Waals surface area contributed by atoms with Crippen LogP contribution in [0.1, 0.15) is 127 Å². The van der Waals surface area contributed by atoms with Crippen LogP contribution < -0.4 is 0 Å². The van der Waals surface area contributed by atoms with Crippen LogP contribution >= 0.6 is 0 Å². The van der Waals surface area contributed by atoms with Gasteiger partial charge < -0.3 is 19.3 Å². The highest BCUT2D eigenvalue weighted by Gasteiger charge is 2.72. The number of carbonyl (C=O) groups excluding carboxylic acids is 2. The second-order valence-corrected chi connectivity index (χ2v) is 16.6. The minimum absolute atomic E-state index is 0.0285. The van der Waals surface area contributed by atoms with Crippen molar-refractivity contribution < 1.29 is 28.9 Å². The molecule has 1 N–H and O–H groups in total. The van der Waals surface area contributed by atoms with Crippen LogP contribution in [0.4, 0.5) is 0 Å². The Morgan fingerprint density at radius 2 is 1.48 bits per heavy atom. The maximum absolute atomic E-state index is 12.1. The van der Waals surface area contributed by atoms with Gasteiger partial charge in [-0.2, -0.15) is 0 Å². The predicted molar refractivity (Wildman–Crippen MR) is 154 cm³/mol. The van der Waals surface area contributed by atoms with E-state index in [1.165, 1.54) is 13.8 Å². The van der Waals surface area contributed by atoms with Crippen molar-refractivity contribution in [3.63, 3.8) is 0 Å². The molecular weight excluding hydrogens is 504 g/mol. The first kappa shape index (κ1) is 30.3. The molecule has 5 aliphatic rings. The Bertz CT molecular complexity index is 1040. The number of aliphatic hydroxyl groups is 1. The van der Waals surface area contributed by atoms with Gasteiger partial charge in [-0.05, 0) is 118 Å². The number of rotatable bonds is 4. The summed E-state index contributed by atoms with van der Waals surface area (Å²) >= 11 is 0. The summed E-state index contributed by atoms with van der Waals surface area (Å²) in [5, 5.41) is 12.1. The van der Waals surface area contributed by atoms with Gasteiger partial charge in [-0.25, -0.2) is 0 Å². The average Bonchev–Trinajstić information content (AvgIpc) is 3.40. The van der Waals surface area contributed by atoms with Crippen molar-refractivity contribution in [1.29, 1.82) is 0 Å². The van der Waals surface area contributed by atoms with Gasteiger partial charge in [0.15, 0.2) is 0 Å². The fourth-order valence-corrected chi connectivity index (χ4v) is 11.9. The molecule has 4 aliphatic carbocycles. The molecule has 0 spiro atoms. The van der Waals surface area contributed by atoms with Gasteiger partial charge >= 0.3 is 11.9 Å². The van der Waals surface area contributed by atoms with Crippen molar-refractivity contribution in [2.75, 3.05) is 0 Å². The van der Waals surface area contributed by atoms with E-state index in [9.17, 15) is 14.7 Å². The Morgan fingerprint density at radius 1 is 0.825 bits per heavy atom. The monoisotopic (exact) mass is 560 g/mol. The first-order chi connectivity index (χ1) is 18.3. The molecule has 1 saturated heterocycles. The quantitative estimate of drug-likeness (QED) is 0.379. The molecule has 5 rings (SSSR count). The third-order valence-electron chi connectivity index (χ3n) is 13.9. The third-order valence-corrected chi connectivity index (χ3v) is 13.9. The average molecular weight is 561 g/mol. The fraction of sp³-hybridized carbons (Fsp3) is 0.941. The molecular formula is C34H56O6. The molecule has 0 bridgehead atoms. The minimum atomic E-state index is -0.668. The largest absolute Gasteiger partial charge is 0.462 e. The Labute approximate surface area is 242 Å². The molecule has 6 nitrogen and oxygen atoms in total. The second-order valence-electron chi connectivity index (χ2n) is 16.6. The van der Waals surface area contributed by atoms with Gasteiger partial charge in [0.1, 0.15) is 11.7 Å². The van der Waals surface area contributed by atoms with Gasteiger partial charge in [-0.1, -0.05) is 34.6 Å².